The molecule has 24 heavy (non-hydrogen) atoms. The summed E-state index contributed by atoms with van der Waals surface area (Å²) in [5.41, 5.74) is 2.89. The predicted molar refractivity (Wildman–Crippen MR) is 99.3 cm³/mol. The van der Waals surface area contributed by atoms with Gasteiger partial charge in [-0.15, -0.1) is 11.3 Å². The van der Waals surface area contributed by atoms with Crippen molar-refractivity contribution in [3.63, 3.8) is 0 Å². The van der Waals surface area contributed by atoms with Gasteiger partial charge in [0.25, 0.3) is 0 Å². The molecule has 0 fully saturated rings. The summed E-state index contributed by atoms with van der Waals surface area (Å²) >= 11 is 7.44. The molecule has 0 aliphatic heterocycles. The van der Waals surface area contributed by atoms with Gasteiger partial charge in [0, 0.05) is 16.0 Å². The standard InChI is InChI=1S/C19H17ClN2OS/c1-13(14-7-9-16(20)10-8-14)21-18(23)11-17-12-24-19(22-17)15-5-3-2-4-6-15/h2-10,12-13H,11H2,1H3,(H,21,23)/t13-/m1/s1. The fourth-order valence-electron chi connectivity index (χ4n) is 2.39. The van der Waals surface area contributed by atoms with E-state index in [9.17, 15) is 4.79 Å². The van der Waals surface area contributed by atoms with Crippen molar-refractivity contribution < 1.29 is 4.79 Å². The van der Waals surface area contributed by atoms with Crippen molar-refractivity contribution in [2.45, 2.75) is 19.4 Å². The van der Waals surface area contributed by atoms with Crippen molar-refractivity contribution in [2.75, 3.05) is 0 Å². The van der Waals surface area contributed by atoms with E-state index in [4.69, 9.17) is 11.6 Å². The van der Waals surface area contributed by atoms with Gasteiger partial charge >= 0.3 is 0 Å². The summed E-state index contributed by atoms with van der Waals surface area (Å²) in [6.07, 6.45) is 0.279. The molecule has 0 aliphatic rings. The zero-order valence-electron chi connectivity index (χ0n) is 13.2. The number of hydrogen-bond acceptors (Lipinski definition) is 3. The molecule has 0 saturated heterocycles. The van der Waals surface area contributed by atoms with Gasteiger partial charge < -0.3 is 5.32 Å². The van der Waals surface area contributed by atoms with Crippen LogP contribution in [0.15, 0.2) is 60.0 Å². The molecule has 2 aromatic carbocycles. The predicted octanol–water partition coefficient (Wildman–Crippen LogP) is 4.88. The van der Waals surface area contributed by atoms with Gasteiger partial charge in [-0.3, -0.25) is 4.79 Å². The molecule has 0 unspecified atom stereocenters. The number of nitrogens with zero attached hydrogens (tertiary/aromatic N) is 1. The highest BCUT2D eigenvalue weighted by Gasteiger charge is 2.12. The Morgan fingerprint density at radius 2 is 1.88 bits per heavy atom. The van der Waals surface area contributed by atoms with Crippen LogP contribution in [0.3, 0.4) is 0 Å². The van der Waals surface area contributed by atoms with Gasteiger partial charge in [-0.1, -0.05) is 54.1 Å². The number of nitrogens with one attached hydrogen (secondary N) is 1. The third-order valence-corrected chi connectivity index (χ3v) is 4.85. The Bertz CT molecular complexity index is 815. The van der Waals surface area contributed by atoms with E-state index >= 15 is 0 Å². The normalized spacial score (nSPS) is 11.9. The lowest BCUT2D eigenvalue weighted by atomic mass is 10.1. The summed E-state index contributed by atoms with van der Waals surface area (Å²) in [6, 6.07) is 17.4. The highest BCUT2D eigenvalue weighted by Crippen LogP contribution is 2.23. The molecule has 1 N–H and O–H groups in total. The topological polar surface area (TPSA) is 42.0 Å². The van der Waals surface area contributed by atoms with E-state index in [1.54, 1.807) is 11.3 Å². The van der Waals surface area contributed by atoms with Crippen molar-refractivity contribution in [3.8, 4) is 10.6 Å². The Morgan fingerprint density at radius 3 is 2.58 bits per heavy atom. The second-order valence-corrected chi connectivity index (χ2v) is 6.82. The molecule has 0 spiro atoms. The van der Waals surface area contributed by atoms with Crippen LogP contribution >= 0.6 is 22.9 Å². The SMILES string of the molecule is C[C@@H](NC(=O)Cc1csc(-c2ccccc2)n1)c1ccc(Cl)cc1. The number of carbonyl (C=O) groups is 1. The largest absolute Gasteiger partial charge is 0.349 e. The maximum Gasteiger partial charge on any atom is 0.226 e. The number of amides is 1. The summed E-state index contributed by atoms with van der Waals surface area (Å²) in [5.74, 6) is -0.0395. The maximum absolute atomic E-state index is 12.2. The lowest BCUT2D eigenvalue weighted by Gasteiger charge is -2.14. The average molecular weight is 357 g/mol. The van der Waals surface area contributed by atoms with E-state index in [-0.39, 0.29) is 18.4 Å². The molecular weight excluding hydrogens is 340 g/mol. The molecule has 0 saturated carbocycles. The summed E-state index contributed by atoms with van der Waals surface area (Å²) in [5, 5.41) is 6.56. The third-order valence-electron chi connectivity index (χ3n) is 3.66. The molecule has 1 amide bonds. The molecule has 122 valence electrons. The third kappa shape index (κ3) is 4.22. The van der Waals surface area contributed by atoms with Crippen molar-refractivity contribution in [1.82, 2.24) is 10.3 Å². The Kier molecular flexibility index (Phi) is 5.28. The number of carbonyl (C=O) groups excluding carboxylic acids is 1. The zero-order valence-corrected chi connectivity index (χ0v) is 14.8. The van der Waals surface area contributed by atoms with E-state index in [0.29, 0.717) is 5.02 Å². The number of hydrogen-bond donors (Lipinski definition) is 1. The minimum Gasteiger partial charge on any atom is -0.349 e. The molecule has 3 nitrogen and oxygen atoms in total. The molecule has 1 heterocycles. The van der Waals surface area contributed by atoms with Crippen LogP contribution in [0.4, 0.5) is 0 Å². The molecule has 0 radical (unpaired) electrons. The van der Waals surface area contributed by atoms with E-state index in [1.165, 1.54) is 0 Å². The van der Waals surface area contributed by atoms with Crippen molar-refractivity contribution in [1.29, 1.82) is 0 Å². The van der Waals surface area contributed by atoms with Gasteiger partial charge in [-0.2, -0.15) is 0 Å². The molecule has 3 aromatic rings. The highest BCUT2D eigenvalue weighted by molar-refractivity contribution is 7.13. The fourth-order valence-corrected chi connectivity index (χ4v) is 3.35. The smallest absolute Gasteiger partial charge is 0.226 e. The minimum atomic E-state index is -0.0676. The van der Waals surface area contributed by atoms with Gasteiger partial charge in [-0.05, 0) is 24.6 Å². The van der Waals surface area contributed by atoms with Gasteiger partial charge in [-0.25, -0.2) is 4.98 Å². The van der Waals surface area contributed by atoms with Crippen LogP contribution in [0.5, 0.6) is 0 Å². The van der Waals surface area contributed by atoms with Gasteiger partial charge in [0.05, 0.1) is 18.2 Å². The van der Waals surface area contributed by atoms with Crippen LogP contribution in [0.25, 0.3) is 10.6 Å². The lowest BCUT2D eigenvalue weighted by Crippen LogP contribution is -2.28. The first-order valence-corrected chi connectivity index (χ1v) is 8.92. The zero-order chi connectivity index (χ0) is 16.9. The van der Waals surface area contributed by atoms with Crippen LogP contribution in [-0.4, -0.2) is 10.9 Å². The molecule has 5 heteroatoms. The first kappa shape index (κ1) is 16.7. The number of halogens is 1. The van der Waals surface area contributed by atoms with Gasteiger partial charge in [0.1, 0.15) is 5.01 Å². The Labute approximate surface area is 150 Å². The maximum atomic E-state index is 12.2. The van der Waals surface area contributed by atoms with Crippen LogP contribution in [0, 0.1) is 0 Å². The second-order valence-electron chi connectivity index (χ2n) is 5.53. The minimum absolute atomic E-state index is 0.0395. The Hall–Kier alpha value is -2.17. The Morgan fingerprint density at radius 1 is 1.17 bits per heavy atom. The first-order valence-electron chi connectivity index (χ1n) is 7.66. The molecule has 3 rings (SSSR count). The van der Waals surface area contributed by atoms with Crippen molar-refractivity contribution in [2.24, 2.45) is 0 Å². The molecule has 0 bridgehead atoms. The second kappa shape index (κ2) is 7.60. The van der Waals surface area contributed by atoms with Crippen LogP contribution < -0.4 is 5.32 Å². The van der Waals surface area contributed by atoms with Crippen molar-refractivity contribution in [3.05, 3.63) is 76.3 Å². The molecule has 0 aliphatic carbocycles. The van der Waals surface area contributed by atoms with Crippen molar-refractivity contribution >= 4 is 28.8 Å². The summed E-state index contributed by atoms with van der Waals surface area (Å²) < 4.78 is 0. The van der Waals surface area contributed by atoms with E-state index in [1.807, 2.05) is 66.9 Å². The number of benzene rings is 2. The number of aromatic nitrogens is 1. The quantitative estimate of drug-likeness (QED) is 0.707. The van der Waals surface area contributed by atoms with Gasteiger partial charge in [0.2, 0.25) is 5.91 Å². The molecule has 1 aromatic heterocycles. The van der Waals surface area contributed by atoms with Crippen LogP contribution in [0.2, 0.25) is 5.02 Å². The molecular formula is C19H17ClN2OS. The van der Waals surface area contributed by atoms with E-state index in [0.717, 1.165) is 21.8 Å². The summed E-state index contributed by atoms with van der Waals surface area (Å²) in [7, 11) is 0. The summed E-state index contributed by atoms with van der Waals surface area (Å²) in [6.45, 7) is 1.96. The highest BCUT2D eigenvalue weighted by atomic mass is 35.5. The monoisotopic (exact) mass is 356 g/mol. The average Bonchev–Trinajstić information content (AvgIpc) is 3.04. The first-order chi connectivity index (χ1) is 11.6. The van der Waals surface area contributed by atoms with Gasteiger partial charge in [0.15, 0.2) is 0 Å². The number of rotatable bonds is 5. The fraction of sp³-hybridized carbons (Fsp3) is 0.158. The number of thiazole rings is 1. The van der Waals surface area contributed by atoms with Crippen LogP contribution in [-0.2, 0) is 11.2 Å². The summed E-state index contributed by atoms with van der Waals surface area (Å²) in [4.78, 5) is 16.8. The van der Waals surface area contributed by atoms with E-state index < -0.39 is 0 Å². The molecule has 1 atom stereocenters. The van der Waals surface area contributed by atoms with E-state index in [2.05, 4.69) is 10.3 Å². The Balaban J connectivity index is 1.61. The van der Waals surface area contributed by atoms with Crippen LogP contribution in [0.1, 0.15) is 24.2 Å². The lowest BCUT2D eigenvalue weighted by molar-refractivity contribution is -0.121.